The molecule has 1 heterocycles. The third kappa shape index (κ3) is 3.24. The van der Waals surface area contributed by atoms with E-state index in [1.807, 2.05) is 24.3 Å². The second-order valence-corrected chi connectivity index (χ2v) is 5.89. The van der Waals surface area contributed by atoms with E-state index in [9.17, 15) is 9.59 Å². The molecule has 1 amide bonds. The molecule has 1 saturated carbocycles. The maximum Gasteiger partial charge on any atom is 0.305 e. The molecule has 1 aromatic carbocycles. The van der Waals surface area contributed by atoms with Crippen LogP contribution in [-0.4, -0.2) is 29.6 Å². The van der Waals surface area contributed by atoms with Gasteiger partial charge in [0.1, 0.15) is 6.04 Å². The molecule has 2 aliphatic rings. The van der Waals surface area contributed by atoms with E-state index in [2.05, 4.69) is 10.6 Å². The normalized spacial score (nSPS) is 22.2. The molecule has 5 nitrogen and oxygen atoms in total. The Hall–Kier alpha value is -1.88. The number of hydrogen-bond donors (Lipinski definition) is 3. The van der Waals surface area contributed by atoms with Crippen LogP contribution in [0.15, 0.2) is 24.3 Å². The molecule has 0 spiro atoms. The number of benzene rings is 1. The molecule has 1 aromatic rings. The van der Waals surface area contributed by atoms with Gasteiger partial charge in [0.25, 0.3) is 0 Å². The van der Waals surface area contributed by atoms with Gasteiger partial charge in [0.05, 0.1) is 6.42 Å². The number of carbonyl (C=O) groups excluding carboxylic acids is 1. The number of fused-ring (bicyclic) bond motifs is 1. The van der Waals surface area contributed by atoms with Crippen molar-refractivity contribution in [2.75, 3.05) is 6.54 Å². The average Bonchev–Trinajstić information content (AvgIpc) is 3.30. The Labute approximate surface area is 123 Å². The summed E-state index contributed by atoms with van der Waals surface area (Å²) in [6.45, 7) is 0.766. The second-order valence-electron chi connectivity index (χ2n) is 5.89. The summed E-state index contributed by atoms with van der Waals surface area (Å²) in [5.74, 6) is -0.645. The minimum absolute atomic E-state index is 0.00474. The maximum atomic E-state index is 12.5. The molecular weight excluding hydrogens is 268 g/mol. The van der Waals surface area contributed by atoms with Gasteiger partial charge in [-0.3, -0.25) is 9.59 Å². The first kappa shape index (κ1) is 14.1. The molecule has 112 valence electrons. The summed E-state index contributed by atoms with van der Waals surface area (Å²) in [6.07, 6.45) is 2.94. The first-order valence-corrected chi connectivity index (χ1v) is 7.48. The zero-order valence-electron chi connectivity index (χ0n) is 11.8. The Morgan fingerprint density at radius 3 is 2.81 bits per heavy atom. The van der Waals surface area contributed by atoms with E-state index in [4.69, 9.17) is 5.11 Å². The first-order valence-electron chi connectivity index (χ1n) is 7.48. The van der Waals surface area contributed by atoms with Crippen molar-refractivity contribution in [1.82, 2.24) is 10.6 Å². The van der Waals surface area contributed by atoms with Gasteiger partial charge in [-0.2, -0.15) is 0 Å². The molecule has 2 atom stereocenters. The Balaban J connectivity index is 1.72. The summed E-state index contributed by atoms with van der Waals surface area (Å²) in [5, 5.41) is 15.1. The largest absolute Gasteiger partial charge is 0.481 e. The van der Waals surface area contributed by atoms with Crippen LogP contribution in [0.2, 0.25) is 0 Å². The predicted molar refractivity (Wildman–Crippen MR) is 77.8 cm³/mol. The number of carboxylic acids is 1. The highest BCUT2D eigenvalue weighted by Crippen LogP contribution is 2.34. The number of carboxylic acid groups (broad SMARTS) is 1. The van der Waals surface area contributed by atoms with Crippen LogP contribution in [-0.2, 0) is 16.0 Å². The lowest BCUT2D eigenvalue weighted by atomic mass is 9.93. The van der Waals surface area contributed by atoms with E-state index in [-0.39, 0.29) is 24.4 Å². The lowest BCUT2D eigenvalue weighted by Gasteiger charge is -2.28. The summed E-state index contributed by atoms with van der Waals surface area (Å²) >= 11 is 0. The lowest BCUT2D eigenvalue weighted by Crippen LogP contribution is -2.46. The number of amides is 1. The van der Waals surface area contributed by atoms with Crippen molar-refractivity contribution in [1.29, 1.82) is 0 Å². The molecule has 21 heavy (non-hydrogen) atoms. The van der Waals surface area contributed by atoms with Crippen molar-refractivity contribution >= 4 is 11.9 Å². The van der Waals surface area contributed by atoms with Crippen molar-refractivity contribution < 1.29 is 14.7 Å². The Kier molecular flexibility index (Phi) is 3.92. The smallest absolute Gasteiger partial charge is 0.305 e. The van der Waals surface area contributed by atoms with E-state index in [1.54, 1.807) is 0 Å². The van der Waals surface area contributed by atoms with E-state index in [0.717, 1.165) is 31.4 Å². The second kappa shape index (κ2) is 5.85. The quantitative estimate of drug-likeness (QED) is 0.762. The fourth-order valence-electron chi connectivity index (χ4n) is 3.03. The van der Waals surface area contributed by atoms with Crippen LogP contribution in [0.3, 0.4) is 0 Å². The monoisotopic (exact) mass is 288 g/mol. The zero-order valence-corrected chi connectivity index (χ0v) is 11.8. The average molecular weight is 288 g/mol. The fourth-order valence-corrected chi connectivity index (χ4v) is 3.03. The molecule has 2 unspecified atom stereocenters. The molecular formula is C16H20N2O3. The number of hydrogen-bond acceptors (Lipinski definition) is 3. The number of carbonyl (C=O) groups is 2. The highest BCUT2D eigenvalue weighted by atomic mass is 16.4. The first-order chi connectivity index (χ1) is 10.1. The van der Waals surface area contributed by atoms with Gasteiger partial charge in [0.15, 0.2) is 0 Å². The third-order valence-corrected chi connectivity index (χ3v) is 4.28. The Morgan fingerprint density at radius 2 is 2.10 bits per heavy atom. The minimum Gasteiger partial charge on any atom is -0.481 e. The number of aliphatic carboxylic acids is 1. The fraction of sp³-hybridized carbons (Fsp3) is 0.500. The molecule has 0 saturated heterocycles. The van der Waals surface area contributed by atoms with Crippen LogP contribution >= 0.6 is 0 Å². The van der Waals surface area contributed by atoms with E-state index < -0.39 is 5.97 Å². The van der Waals surface area contributed by atoms with E-state index >= 15 is 0 Å². The summed E-state index contributed by atoms with van der Waals surface area (Å²) in [7, 11) is 0. The van der Waals surface area contributed by atoms with Gasteiger partial charge in [0, 0.05) is 12.6 Å². The van der Waals surface area contributed by atoms with Crippen LogP contribution in [0.25, 0.3) is 0 Å². The van der Waals surface area contributed by atoms with Crippen molar-refractivity contribution in [2.45, 2.75) is 37.8 Å². The standard InChI is InChI=1S/C16H20N2O3/c19-14(20)9-13(11-5-6-11)18-16(21)15-12-4-2-1-3-10(12)7-8-17-15/h1-4,11,13,15,17H,5-9H2,(H,18,21)(H,19,20). The molecule has 1 aliphatic heterocycles. The minimum atomic E-state index is -0.857. The van der Waals surface area contributed by atoms with E-state index in [0.29, 0.717) is 5.92 Å². The van der Waals surface area contributed by atoms with Gasteiger partial charge >= 0.3 is 5.97 Å². The highest BCUT2D eigenvalue weighted by Gasteiger charge is 2.36. The van der Waals surface area contributed by atoms with Gasteiger partial charge in [-0.1, -0.05) is 24.3 Å². The highest BCUT2D eigenvalue weighted by molar-refractivity contribution is 5.84. The Morgan fingerprint density at radius 1 is 1.33 bits per heavy atom. The van der Waals surface area contributed by atoms with Crippen LogP contribution in [0.5, 0.6) is 0 Å². The maximum absolute atomic E-state index is 12.5. The third-order valence-electron chi connectivity index (χ3n) is 4.28. The topological polar surface area (TPSA) is 78.4 Å². The molecule has 3 rings (SSSR count). The molecule has 1 aliphatic carbocycles. The van der Waals surface area contributed by atoms with Crippen LogP contribution < -0.4 is 10.6 Å². The summed E-state index contributed by atoms with van der Waals surface area (Å²) in [6, 6.07) is 7.32. The van der Waals surface area contributed by atoms with Crippen molar-refractivity contribution in [3.8, 4) is 0 Å². The van der Waals surface area contributed by atoms with Crippen molar-refractivity contribution in [3.63, 3.8) is 0 Å². The molecule has 3 N–H and O–H groups in total. The number of rotatable bonds is 5. The molecule has 0 radical (unpaired) electrons. The SMILES string of the molecule is O=C(O)CC(NC(=O)C1NCCc2ccccc21)C1CC1. The molecule has 0 aromatic heterocycles. The van der Waals surface area contributed by atoms with Gasteiger partial charge in [-0.25, -0.2) is 0 Å². The Bertz CT molecular complexity index is 554. The van der Waals surface area contributed by atoms with E-state index in [1.165, 1.54) is 5.56 Å². The van der Waals surface area contributed by atoms with Gasteiger partial charge in [-0.05, 0) is 36.3 Å². The van der Waals surface area contributed by atoms with Crippen LogP contribution in [0.4, 0.5) is 0 Å². The molecule has 1 fully saturated rings. The molecule has 5 heteroatoms. The van der Waals surface area contributed by atoms with Gasteiger partial charge in [0.2, 0.25) is 5.91 Å². The van der Waals surface area contributed by atoms with Gasteiger partial charge < -0.3 is 15.7 Å². The summed E-state index contributed by atoms with van der Waals surface area (Å²) < 4.78 is 0. The van der Waals surface area contributed by atoms with Crippen LogP contribution in [0.1, 0.15) is 36.4 Å². The summed E-state index contributed by atoms with van der Waals surface area (Å²) in [5.41, 5.74) is 2.20. The van der Waals surface area contributed by atoms with Crippen molar-refractivity contribution in [3.05, 3.63) is 35.4 Å². The van der Waals surface area contributed by atoms with Gasteiger partial charge in [-0.15, -0.1) is 0 Å². The van der Waals surface area contributed by atoms with Crippen molar-refractivity contribution in [2.24, 2.45) is 5.92 Å². The van der Waals surface area contributed by atoms with Crippen LogP contribution in [0, 0.1) is 5.92 Å². The molecule has 0 bridgehead atoms. The zero-order chi connectivity index (χ0) is 14.8. The summed E-state index contributed by atoms with van der Waals surface area (Å²) in [4.78, 5) is 23.4. The number of nitrogens with one attached hydrogen (secondary N) is 2. The predicted octanol–water partition coefficient (Wildman–Crippen LogP) is 1.24. The lowest BCUT2D eigenvalue weighted by molar-refractivity contribution is -0.138.